The van der Waals surface area contributed by atoms with E-state index in [0.717, 1.165) is 11.1 Å². The molecule has 0 spiro atoms. The van der Waals surface area contributed by atoms with E-state index in [4.69, 9.17) is 4.74 Å². The zero-order valence-electron chi connectivity index (χ0n) is 15.7. The number of benzene rings is 2. The fourth-order valence-electron chi connectivity index (χ4n) is 2.77. The van der Waals surface area contributed by atoms with Gasteiger partial charge in [-0.1, -0.05) is 30.3 Å². The number of aromatic amines is 1. The Morgan fingerprint density at radius 1 is 1.10 bits per heavy atom. The van der Waals surface area contributed by atoms with E-state index in [-0.39, 0.29) is 18.1 Å². The molecule has 0 saturated heterocycles. The normalized spacial score (nSPS) is 10.4. The predicted octanol–water partition coefficient (Wildman–Crippen LogP) is 4.23. The molecule has 0 radical (unpaired) electrons. The summed E-state index contributed by atoms with van der Waals surface area (Å²) in [6.07, 6.45) is 6.12. The van der Waals surface area contributed by atoms with E-state index in [2.05, 4.69) is 30.8 Å². The highest BCUT2D eigenvalue weighted by Crippen LogP contribution is 2.25. The number of carbonyl (C=O) groups is 1. The molecule has 4 rings (SSSR count). The minimum absolute atomic E-state index is 0.0564. The lowest BCUT2D eigenvalue weighted by molar-refractivity contribution is 0.262. The van der Waals surface area contributed by atoms with Gasteiger partial charge in [0.15, 0.2) is 5.82 Å². The SMILES string of the molecule is O=C(Nc1ccc(F)c(COc2cnccn2)c1)Nc1n[nH]cc1-c1ccccc1. The Hall–Kier alpha value is -4.27. The number of ether oxygens (including phenoxy) is 1. The number of nitrogens with one attached hydrogen (secondary N) is 3. The quantitative estimate of drug-likeness (QED) is 0.446. The summed E-state index contributed by atoms with van der Waals surface area (Å²) in [6, 6.07) is 13.2. The topological polar surface area (TPSA) is 105 Å². The summed E-state index contributed by atoms with van der Waals surface area (Å²) in [5.74, 6) is 0.204. The monoisotopic (exact) mass is 404 g/mol. The Bertz CT molecular complexity index is 1130. The average Bonchev–Trinajstić information content (AvgIpc) is 3.23. The van der Waals surface area contributed by atoms with Crippen molar-refractivity contribution in [3.63, 3.8) is 0 Å². The van der Waals surface area contributed by atoms with Crippen molar-refractivity contribution >= 4 is 17.5 Å². The van der Waals surface area contributed by atoms with Gasteiger partial charge >= 0.3 is 6.03 Å². The molecule has 3 N–H and O–H groups in total. The van der Waals surface area contributed by atoms with Crippen molar-refractivity contribution in [2.75, 3.05) is 10.6 Å². The van der Waals surface area contributed by atoms with Crippen LogP contribution in [-0.2, 0) is 6.61 Å². The van der Waals surface area contributed by atoms with Crippen LogP contribution in [0.15, 0.2) is 73.3 Å². The van der Waals surface area contributed by atoms with E-state index >= 15 is 0 Å². The van der Waals surface area contributed by atoms with Gasteiger partial charge in [-0.25, -0.2) is 14.2 Å². The van der Waals surface area contributed by atoms with Gasteiger partial charge in [0.2, 0.25) is 5.88 Å². The highest BCUT2D eigenvalue weighted by molar-refractivity contribution is 6.01. The molecule has 2 aromatic carbocycles. The van der Waals surface area contributed by atoms with Crippen LogP contribution in [0.25, 0.3) is 11.1 Å². The van der Waals surface area contributed by atoms with Crippen molar-refractivity contribution in [3.8, 4) is 17.0 Å². The van der Waals surface area contributed by atoms with Crippen LogP contribution in [0, 0.1) is 5.82 Å². The van der Waals surface area contributed by atoms with E-state index in [1.54, 1.807) is 6.20 Å². The van der Waals surface area contributed by atoms with E-state index in [1.165, 1.54) is 36.8 Å². The van der Waals surface area contributed by atoms with E-state index in [0.29, 0.717) is 11.5 Å². The van der Waals surface area contributed by atoms with Gasteiger partial charge < -0.3 is 10.1 Å². The van der Waals surface area contributed by atoms with Crippen LogP contribution in [0.5, 0.6) is 5.88 Å². The number of urea groups is 1. The lowest BCUT2D eigenvalue weighted by Gasteiger charge is -2.10. The Kier molecular flexibility index (Phi) is 5.61. The molecule has 0 saturated carbocycles. The summed E-state index contributed by atoms with van der Waals surface area (Å²) >= 11 is 0. The van der Waals surface area contributed by atoms with Crippen LogP contribution in [0.2, 0.25) is 0 Å². The van der Waals surface area contributed by atoms with Gasteiger partial charge in [-0.2, -0.15) is 5.10 Å². The third kappa shape index (κ3) is 4.58. The van der Waals surface area contributed by atoms with Gasteiger partial charge in [0.25, 0.3) is 0 Å². The number of anilines is 2. The van der Waals surface area contributed by atoms with Crippen molar-refractivity contribution in [2.45, 2.75) is 6.61 Å². The van der Waals surface area contributed by atoms with E-state index < -0.39 is 11.8 Å². The van der Waals surface area contributed by atoms with Crippen molar-refractivity contribution in [3.05, 3.63) is 84.7 Å². The number of nitrogens with zero attached hydrogens (tertiary/aromatic N) is 3. The second kappa shape index (κ2) is 8.82. The van der Waals surface area contributed by atoms with Crippen LogP contribution in [0.3, 0.4) is 0 Å². The minimum Gasteiger partial charge on any atom is -0.472 e. The number of carbonyl (C=O) groups excluding carboxylic acids is 1. The fraction of sp³-hybridized carbons (Fsp3) is 0.0476. The predicted molar refractivity (Wildman–Crippen MR) is 109 cm³/mol. The molecule has 2 aromatic heterocycles. The van der Waals surface area contributed by atoms with Gasteiger partial charge in [-0.05, 0) is 23.8 Å². The Balaban J connectivity index is 1.42. The Morgan fingerprint density at radius 3 is 2.77 bits per heavy atom. The van der Waals surface area contributed by atoms with Crippen LogP contribution in [-0.4, -0.2) is 26.2 Å². The molecule has 2 amide bonds. The molecule has 0 fully saturated rings. The summed E-state index contributed by atoms with van der Waals surface area (Å²) in [4.78, 5) is 20.3. The first-order valence-electron chi connectivity index (χ1n) is 9.03. The molecule has 8 nitrogen and oxygen atoms in total. The maximum atomic E-state index is 14.1. The van der Waals surface area contributed by atoms with Gasteiger partial charge in [0.05, 0.1) is 6.20 Å². The number of halogens is 1. The van der Waals surface area contributed by atoms with Crippen molar-refractivity contribution in [1.29, 1.82) is 0 Å². The lowest BCUT2D eigenvalue weighted by Crippen LogP contribution is -2.20. The van der Waals surface area contributed by atoms with Crippen molar-refractivity contribution in [1.82, 2.24) is 20.2 Å². The van der Waals surface area contributed by atoms with Crippen LogP contribution in [0.1, 0.15) is 5.56 Å². The summed E-state index contributed by atoms with van der Waals surface area (Å²) < 4.78 is 19.5. The number of hydrogen-bond donors (Lipinski definition) is 3. The summed E-state index contributed by atoms with van der Waals surface area (Å²) in [7, 11) is 0. The zero-order chi connectivity index (χ0) is 20.8. The second-order valence-electron chi connectivity index (χ2n) is 6.23. The molecule has 0 aliphatic heterocycles. The molecular weight excluding hydrogens is 387 g/mol. The van der Waals surface area contributed by atoms with E-state index in [1.807, 2.05) is 30.3 Å². The minimum atomic E-state index is -0.508. The standard InChI is InChI=1S/C21H17FN6O2/c22-18-7-6-16(10-15(18)13-30-19-12-23-8-9-24-19)26-21(29)27-20-17(11-25-28-20)14-4-2-1-3-5-14/h1-12H,13H2,(H3,25,26,27,28,29). The summed E-state index contributed by atoms with van der Waals surface area (Å²) in [5.41, 5.74) is 2.33. The molecule has 150 valence electrons. The molecule has 0 unspecified atom stereocenters. The maximum absolute atomic E-state index is 14.1. The molecule has 9 heteroatoms. The average molecular weight is 404 g/mol. The summed E-state index contributed by atoms with van der Waals surface area (Å²) in [5, 5.41) is 12.2. The maximum Gasteiger partial charge on any atom is 0.324 e. The first-order valence-corrected chi connectivity index (χ1v) is 9.03. The smallest absolute Gasteiger partial charge is 0.324 e. The molecule has 0 atom stereocenters. The zero-order valence-corrected chi connectivity index (χ0v) is 15.7. The second-order valence-corrected chi connectivity index (χ2v) is 6.23. The third-order valence-electron chi connectivity index (χ3n) is 4.18. The number of H-pyrrole nitrogens is 1. The van der Waals surface area contributed by atoms with Crippen LogP contribution in [0.4, 0.5) is 20.7 Å². The molecule has 4 aromatic rings. The van der Waals surface area contributed by atoms with Crippen molar-refractivity contribution < 1.29 is 13.9 Å². The first kappa shape index (κ1) is 19.1. The van der Waals surface area contributed by atoms with Gasteiger partial charge in [-0.15, -0.1) is 0 Å². The first-order chi connectivity index (χ1) is 14.7. The number of amides is 2. The number of aromatic nitrogens is 4. The summed E-state index contributed by atoms with van der Waals surface area (Å²) in [6.45, 7) is -0.0564. The van der Waals surface area contributed by atoms with E-state index in [9.17, 15) is 9.18 Å². The molecule has 30 heavy (non-hydrogen) atoms. The molecule has 2 heterocycles. The molecule has 0 aliphatic rings. The number of hydrogen-bond acceptors (Lipinski definition) is 5. The highest BCUT2D eigenvalue weighted by atomic mass is 19.1. The molecule has 0 aliphatic carbocycles. The number of rotatable bonds is 6. The fourth-order valence-corrected chi connectivity index (χ4v) is 2.77. The Labute approximate surface area is 171 Å². The molecule has 0 bridgehead atoms. The lowest BCUT2D eigenvalue weighted by atomic mass is 10.1. The highest BCUT2D eigenvalue weighted by Gasteiger charge is 2.12. The third-order valence-corrected chi connectivity index (χ3v) is 4.18. The van der Waals surface area contributed by atoms with Gasteiger partial charge in [0, 0.05) is 35.4 Å². The Morgan fingerprint density at radius 2 is 1.97 bits per heavy atom. The molecular formula is C21H17FN6O2. The van der Waals surface area contributed by atoms with Crippen molar-refractivity contribution in [2.24, 2.45) is 0 Å². The largest absolute Gasteiger partial charge is 0.472 e. The van der Waals surface area contributed by atoms with Crippen LogP contribution >= 0.6 is 0 Å². The van der Waals surface area contributed by atoms with Gasteiger partial charge in [-0.3, -0.25) is 15.4 Å². The van der Waals surface area contributed by atoms with Crippen LogP contribution < -0.4 is 15.4 Å². The van der Waals surface area contributed by atoms with Gasteiger partial charge in [0.1, 0.15) is 12.4 Å².